The van der Waals surface area contributed by atoms with Gasteiger partial charge in [0.15, 0.2) is 8.32 Å². The first-order valence-corrected chi connectivity index (χ1v) is 9.09. The molecule has 1 atom stereocenters. The van der Waals surface area contributed by atoms with Crippen LogP contribution in [-0.2, 0) is 9.16 Å². The van der Waals surface area contributed by atoms with Gasteiger partial charge in [-0.05, 0) is 30.0 Å². The third kappa shape index (κ3) is 4.38. The molecule has 0 bridgehead atoms. The normalized spacial score (nSPS) is 15.0. The van der Waals surface area contributed by atoms with Gasteiger partial charge in [0.05, 0.1) is 6.10 Å². The molecule has 0 radical (unpaired) electrons. The van der Waals surface area contributed by atoms with E-state index in [4.69, 9.17) is 9.16 Å². The molecule has 0 aliphatic rings. The maximum Gasteiger partial charge on any atom is 0.200 e. The SMILES string of the molecule is COC(C)CCO[Si](C(C)C)(C(C)C)C(C)C. The van der Waals surface area contributed by atoms with Crippen LogP contribution in [0.25, 0.3) is 0 Å². The molecule has 0 spiro atoms. The van der Waals surface area contributed by atoms with Crippen LogP contribution in [0, 0.1) is 0 Å². The predicted octanol–water partition coefficient (Wildman–Crippen LogP) is 4.60. The summed E-state index contributed by atoms with van der Waals surface area (Å²) in [5.41, 5.74) is 2.00. The average molecular weight is 260 g/mol. The van der Waals surface area contributed by atoms with Crippen molar-refractivity contribution < 1.29 is 9.16 Å². The van der Waals surface area contributed by atoms with E-state index in [1.165, 1.54) is 0 Å². The standard InChI is InChI=1S/C14H32O2Si/c1-11(2)17(12(3)4,13(5)6)16-10-9-14(7)15-8/h11-14H,9-10H2,1-8H3. The van der Waals surface area contributed by atoms with Crippen LogP contribution in [0.4, 0.5) is 0 Å². The average Bonchev–Trinajstić information content (AvgIpc) is 2.22. The van der Waals surface area contributed by atoms with E-state index in [1.54, 1.807) is 7.11 Å². The molecule has 0 aromatic heterocycles. The first-order valence-electron chi connectivity index (χ1n) is 6.95. The molecule has 0 N–H and O–H groups in total. The van der Waals surface area contributed by atoms with Crippen LogP contribution in [0.5, 0.6) is 0 Å². The highest BCUT2D eigenvalue weighted by molar-refractivity contribution is 6.77. The molecule has 0 saturated carbocycles. The summed E-state index contributed by atoms with van der Waals surface area (Å²) in [6, 6.07) is 0. The topological polar surface area (TPSA) is 18.5 Å². The molecular formula is C14H32O2Si. The second-order valence-corrected chi connectivity index (χ2v) is 11.5. The molecule has 0 aliphatic carbocycles. The summed E-state index contributed by atoms with van der Waals surface area (Å²) in [6.45, 7) is 16.9. The Hall–Kier alpha value is 0.137. The minimum absolute atomic E-state index is 0.299. The van der Waals surface area contributed by atoms with Crippen LogP contribution in [0.2, 0.25) is 16.6 Å². The molecule has 1 unspecified atom stereocenters. The molecule has 0 aromatic rings. The first kappa shape index (κ1) is 17.1. The molecule has 17 heavy (non-hydrogen) atoms. The van der Waals surface area contributed by atoms with Crippen molar-refractivity contribution in [1.29, 1.82) is 0 Å². The number of rotatable bonds is 8. The number of hydrogen-bond acceptors (Lipinski definition) is 2. The summed E-state index contributed by atoms with van der Waals surface area (Å²) in [5.74, 6) is 0. The number of ether oxygens (including phenoxy) is 1. The van der Waals surface area contributed by atoms with Crippen LogP contribution in [0.15, 0.2) is 0 Å². The van der Waals surface area contributed by atoms with Gasteiger partial charge in [0.1, 0.15) is 0 Å². The van der Waals surface area contributed by atoms with E-state index >= 15 is 0 Å². The largest absolute Gasteiger partial charge is 0.416 e. The molecular weight excluding hydrogens is 228 g/mol. The fraction of sp³-hybridized carbons (Fsp3) is 1.00. The zero-order valence-corrected chi connectivity index (χ0v) is 14.0. The van der Waals surface area contributed by atoms with Gasteiger partial charge in [-0.2, -0.15) is 0 Å². The van der Waals surface area contributed by atoms with Crippen molar-refractivity contribution in [2.75, 3.05) is 13.7 Å². The molecule has 0 aromatic carbocycles. The Morgan fingerprint density at radius 2 is 1.24 bits per heavy atom. The van der Waals surface area contributed by atoms with Gasteiger partial charge in [-0.15, -0.1) is 0 Å². The van der Waals surface area contributed by atoms with Gasteiger partial charge < -0.3 is 9.16 Å². The zero-order valence-electron chi connectivity index (χ0n) is 13.0. The highest BCUT2D eigenvalue weighted by Gasteiger charge is 2.44. The lowest BCUT2D eigenvalue weighted by Crippen LogP contribution is -2.48. The Morgan fingerprint density at radius 3 is 1.53 bits per heavy atom. The fourth-order valence-corrected chi connectivity index (χ4v) is 8.49. The van der Waals surface area contributed by atoms with E-state index in [9.17, 15) is 0 Å². The molecule has 0 heterocycles. The Kier molecular flexibility index (Phi) is 7.61. The van der Waals surface area contributed by atoms with Gasteiger partial charge in [0.25, 0.3) is 0 Å². The first-order chi connectivity index (χ1) is 7.78. The number of methoxy groups -OCH3 is 1. The Labute approximate surface area is 109 Å². The quantitative estimate of drug-likeness (QED) is 0.594. The van der Waals surface area contributed by atoms with Gasteiger partial charge in [-0.25, -0.2) is 0 Å². The second-order valence-electron chi connectivity index (χ2n) is 6.00. The van der Waals surface area contributed by atoms with Crippen molar-refractivity contribution in [1.82, 2.24) is 0 Å². The maximum absolute atomic E-state index is 6.45. The van der Waals surface area contributed by atoms with Crippen molar-refractivity contribution in [3.05, 3.63) is 0 Å². The van der Waals surface area contributed by atoms with Crippen LogP contribution in [0.3, 0.4) is 0 Å². The Balaban J connectivity index is 4.59. The Morgan fingerprint density at radius 1 is 0.824 bits per heavy atom. The van der Waals surface area contributed by atoms with E-state index < -0.39 is 8.32 Å². The van der Waals surface area contributed by atoms with E-state index in [0.717, 1.165) is 13.0 Å². The van der Waals surface area contributed by atoms with Crippen molar-refractivity contribution in [2.45, 2.75) is 77.6 Å². The lowest BCUT2D eigenvalue weighted by molar-refractivity contribution is 0.0924. The van der Waals surface area contributed by atoms with Crippen molar-refractivity contribution in [3.63, 3.8) is 0 Å². The van der Waals surface area contributed by atoms with Crippen LogP contribution in [0.1, 0.15) is 54.9 Å². The van der Waals surface area contributed by atoms with Crippen LogP contribution in [-0.4, -0.2) is 28.1 Å². The smallest absolute Gasteiger partial charge is 0.200 e. The minimum Gasteiger partial charge on any atom is -0.416 e. The summed E-state index contributed by atoms with van der Waals surface area (Å²) in [4.78, 5) is 0. The molecule has 0 saturated heterocycles. The molecule has 0 amide bonds. The summed E-state index contributed by atoms with van der Waals surface area (Å²) in [7, 11) is 0.104. The highest BCUT2D eigenvalue weighted by Crippen LogP contribution is 2.42. The van der Waals surface area contributed by atoms with Gasteiger partial charge in [0, 0.05) is 13.7 Å². The third-order valence-electron chi connectivity index (χ3n) is 3.99. The third-order valence-corrected chi connectivity index (χ3v) is 10.1. The summed E-state index contributed by atoms with van der Waals surface area (Å²) in [5, 5.41) is 0. The van der Waals surface area contributed by atoms with Gasteiger partial charge >= 0.3 is 0 Å². The monoisotopic (exact) mass is 260 g/mol. The minimum atomic E-state index is -1.66. The Bertz CT molecular complexity index is 181. The van der Waals surface area contributed by atoms with Crippen LogP contribution < -0.4 is 0 Å². The van der Waals surface area contributed by atoms with Crippen molar-refractivity contribution in [2.24, 2.45) is 0 Å². The maximum atomic E-state index is 6.45. The number of hydrogen-bond donors (Lipinski definition) is 0. The van der Waals surface area contributed by atoms with Gasteiger partial charge in [-0.3, -0.25) is 0 Å². The van der Waals surface area contributed by atoms with Gasteiger partial charge in [0.2, 0.25) is 0 Å². The lowest BCUT2D eigenvalue weighted by atomic mass is 10.3. The van der Waals surface area contributed by atoms with Crippen LogP contribution >= 0.6 is 0 Å². The van der Waals surface area contributed by atoms with E-state index in [-0.39, 0.29) is 0 Å². The molecule has 0 rings (SSSR count). The lowest BCUT2D eigenvalue weighted by Gasteiger charge is -2.42. The summed E-state index contributed by atoms with van der Waals surface area (Å²) < 4.78 is 11.7. The summed E-state index contributed by atoms with van der Waals surface area (Å²) in [6.07, 6.45) is 1.30. The van der Waals surface area contributed by atoms with E-state index in [2.05, 4.69) is 48.5 Å². The predicted molar refractivity (Wildman–Crippen MR) is 78.1 cm³/mol. The van der Waals surface area contributed by atoms with E-state index in [0.29, 0.717) is 22.7 Å². The molecule has 2 nitrogen and oxygen atoms in total. The summed E-state index contributed by atoms with van der Waals surface area (Å²) >= 11 is 0. The molecule has 104 valence electrons. The molecule has 0 fully saturated rings. The molecule has 0 aliphatic heterocycles. The highest BCUT2D eigenvalue weighted by atomic mass is 28.4. The van der Waals surface area contributed by atoms with Crippen molar-refractivity contribution in [3.8, 4) is 0 Å². The second kappa shape index (κ2) is 7.55. The van der Waals surface area contributed by atoms with E-state index in [1.807, 2.05) is 0 Å². The fourth-order valence-electron chi connectivity index (χ4n) is 3.02. The zero-order chi connectivity index (χ0) is 13.6. The molecule has 3 heteroatoms. The van der Waals surface area contributed by atoms with Gasteiger partial charge in [-0.1, -0.05) is 41.5 Å². The van der Waals surface area contributed by atoms with Crippen molar-refractivity contribution >= 4 is 8.32 Å².